The Hall–Kier alpha value is -2.44. The highest BCUT2D eigenvalue weighted by atomic mass is 32.2. The van der Waals surface area contributed by atoms with Gasteiger partial charge in [0.2, 0.25) is 0 Å². The van der Waals surface area contributed by atoms with Gasteiger partial charge in [0.15, 0.2) is 10.9 Å². The van der Waals surface area contributed by atoms with E-state index in [9.17, 15) is 14.3 Å². The standard InChI is InChI=1S/C19H17FN2O2S/c20-17-9-5-4-8-15(17)11-22-16(12-23)10-21-19(22)25-13-18(24)14-6-2-1-3-7-14/h1-10,23H,11-13H2. The molecule has 6 heteroatoms. The largest absolute Gasteiger partial charge is 0.390 e. The fraction of sp³-hybridized carbons (Fsp3) is 0.158. The number of benzene rings is 2. The van der Waals surface area contributed by atoms with Gasteiger partial charge in [0.05, 0.1) is 30.8 Å². The molecule has 128 valence electrons. The molecule has 4 nitrogen and oxygen atoms in total. The van der Waals surface area contributed by atoms with Crippen molar-refractivity contribution >= 4 is 17.5 Å². The lowest BCUT2D eigenvalue weighted by molar-refractivity contribution is 0.102. The van der Waals surface area contributed by atoms with Crippen LogP contribution in [0, 0.1) is 5.82 Å². The number of ketones is 1. The van der Waals surface area contributed by atoms with Gasteiger partial charge in [-0.05, 0) is 6.07 Å². The number of thioether (sulfide) groups is 1. The molecule has 0 bridgehead atoms. The Labute approximate surface area is 149 Å². The van der Waals surface area contributed by atoms with E-state index in [4.69, 9.17) is 0 Å². The van der Waals surface area contributed by atoms with E-state index >= 15 is 0 Å². The Bertz CT molecular complexity index is 865. The number of carbonyl (C=O) groups is 1. The van der Waals surface area contributed by atoms with Gasteiger partial charge < -0.3 is 9.67 Å². The van der Waals surface area contributed by atoms with Crippen LogP contribution in [0.1, 0.15) is 21.6 Å². The fourth-order valence-corrected chi connectivity index (χ4v) is 3.33. The zero-order valence-corrected chi connectivity index (χ0v) is 14.2. The van der Waals surface area contributed by atoms with Gasteiger partial charge in [0, 0.05) is 11.1 Å². The molecule has 1 aromatic heterocycles. The van der Waals surface area contributed by atoms with E-state index in [0.717, 1.165) is 0 Å². The van der Waals surface area contributed by atoms with Crippen molar-refractivity contribution in [3.63, 3.8) is 0 Å². The maximum atomic E-state index is 13.9. The van der Waals surface area contributed by atoms with Crippen LogP contribution in [0.4, 0.5) is 4.39 Å². The van der Waals surface area contributed by atoms with Gasteiger partial charge >= 0.3 is 0 Å². The fourth-order valence-electron chi connectivity index (χ4n) is 2.44. The third kappa shape index (κ3) is 4.15. The van der Waals surface area contributed by atoms with Crippen molar-refractivity contribution in [1.29, 1.82) is 0 Å². The number of aliphatic hydroxyl groups is 1. The third-order valence-electron chi connectivity index (χ3n) is 3.78. The molecule has 2 aromatic carbocycles. The monoisotopic (exact) mass is 356 g/mol. The molecule has 3 aromatic rings. The van der Waals surface area contributed by atoms with Crippen molar-refractivity contribution in [2.75, 3.05) is 5.75 Å². The molecule has 1 N–H and O–H groups in total. The van der Waals surface area contributed by atoms with Crippen LogP contribution in [-0.4, -0.2) is 26.2 Å². The van der Waals surface area contributed by atoms with Crippen molar-refractivity contribution in [2.45, 2.75) is 18.3 Å². The molecule has 25 heavy (non-hydrogen) atoms. The Morgan fingerprint density at radius 1 is 1.12 bits per heavy atom. The number of nitrogens with zero attached hydrogens (tertiary/aromatic N) is 2. The van der Waals surface area contributed by atoms with Crippen LogP contribution >= 0.6 is 11.8 Å². The molecule has 0 saturated heterocycles. The molecule has 0 saturated carbocycles. The first-order valence-corrected chi connectivity index (χ1v) is 8.77. The predicted octanol–water partition coefficient (Wildman–Crippen LogP) is 3.54. The average Bonchev–Trinajstić information content (AvgIpc) is 3.04. The molecule has 0 fully saturated rings. The van der Waals surface area contributed by atoms with Crippen molar-refractivity contribution in [3.8, 4) is 0 Å². The number of hydrogen-bond donors (Lipinski definition) is 1. The van der Waals surface area contributed by atoms with Crippen molar-refractivity contribution < 1.29 is 14.3 Å². The summed E-state index contributed by atoms with van der Waals surface area (Å²) in [6, 6.07) is 15.5. The van der Waals surface area contributed by atoms with Crippen LogP contribution < -0.4 is 0 Å². The molecule has 0 unspecified atom stereocenters. The summed E-state index contributed by atoms with van der Waals surface area (Å²) in [6.07, 6.45) is 1.55. The van der Waals surface area contributed by atoms with Gasteiger partial charge in [0.1, 0.15) is 5.82 Å². The second-order valence-corrected chi connectivity index (χ2v) is 6.39. The molecular weight excluding hydrogens is 339 g/mol. The SMILES string of the molecule is O=C(CSc1ncc(CO)n1Cc1ccccc1F)c1ccccc1. The first-order valence-electron chi connectivity index (χ1n) is 7.78. The van der Waals surface area contributed by atoms with Crippen molar-refractivity contribution in [1.82, 2.24) is 9.55 Å². The van der Waals surface area contributed by atoms with Gasteiger partial charge in [-0.3, -0.25) is 4.79 Å². The number of rotatable bonds is 7. The average molecular weight is 356 g/mol. The zero-order chi connectivity index (χ0) is 17.6. The highest BCUT2D eigenvalue weighted by molar-refractivity contribution is 7.99. The van der Waals surface area contributed by atoms with Crippen molar-refractivity contribution in [2.24, 2.45) is 0 Å². The van der Waals surface area contributed by atoms with Gasteiger partial charge in [-0.15, -0.1) is 0 Å². The summed E-state index contributed by atoms with van der Waals surface area (Å²) in [4.78, 5) is 16.5. The summed E-state index contributed by atoms with van der Waals surface area (Å²) in [5, 5.41) is 10.1. The maximum absolute atomic E-state index is 13.9. The van der Waals surface area contributed by atoms with E-state index < -0.39 is 0 Å². The number of imidazole rings is 1. The summed E-state index contributed by atoms with van der Waals surface area (Å²) >= 11 is 1.28. The number of aromatic nitrogens is 2. The Morgan fingerprint density at radius 3 is 2.56 bits per heavy atom. The van der Waals surface area contributed by atoms with E-state index in [1.54, 1.807) is 41.1 Å². The van der Waals surface area contributed by atoms with E-state index in [0.29, 0.717) is 22.0 Å². The Kier molecular flexibility index (Phi) is 5.63. The number of aliphatic hydroxyl groups excluding tert-OH is 1. The highest BCUT2D eigenvalue weighted by Crippen LogP contribution is 2.22. The van der Waals surface area contributed by atoms with Crippen LogP contribution in [0.2, 0.25) is 0 Å². The second-order valence-electron chi connectivity index (χ2n) is 5.45. The number of halogens is 1. The molecular formula is C19H17FN2O2S. The minimum absolute atomic E-state index is 0.00316. The predicted molar refractivity (Wildman–Crippen MR) is 95.1 cm³/mol. The Balaban J connectivity index is 1.77. The lowest BCUT2D eigenvalue weighted by atomic mass is 10.2. The minimum Gasteiger partial charge on any atom is -0.390 e. The molecule has 0 aliphatic carbocycles. The molecule has 0 spiro atoms. The van der Waals surface area contributed by atoms with Gasteiger partial charge in [0.25, 0.3) is 0 Å². The summed E-state index contributed by atoms with van der Waals surface area (Å²) in [7, 11) is 0. The first kappa shape index (κ1) is 17.4. The Morgan fingerprint density at radius 2 is 1.84 bits per heavy atom. The van der Waals surface area contributed by atoms with E-state index in [1.807, 2.05) is 18.2 Å². The first-order chi connectivity index (χ1) is 12.2. The highest BCUT2D eigenvalue weighted by Gasteiger charge is 2.14. The van der Waals surface area contributed by atoms with Crippen LogP contribution in [0.15, 0.2) is 66.0 Å². The normalized spacial score (nSPS) is 10.8. The summed E-state index contributed by atoms with van der Waals surface area (Å²) < 4.78 is 15.7. The number of carbonyl (C=O) groups excluding carboxylic acids is 1. The molecule has 0 amide bonds. The van der Waals surface area contributed by atoms with Gasteiger partial charge in [-0.1, -0.05) is 60.3 Å². The van der Waals surface area contributed by atoms with E-state index in [-0.39, 0.29) is 30.5 Å². The smallest absolute Gasteiger partial charge is 0.173 e. The number of Topliss-reactive ketones (excluding diaryl/α,β-unsaturated/α-hetero) is 1. The van der Waals surface area contributed by atoms with Crippen LogP contribution in [0.5, 0.6) is 0 Å². The van der Waals surface area contributed by atoms with Gasteiger partial charge in [-0.25, -0.2) is 9.37 Å². The third-order valence-corrected chi connectivity index (χ3v) is 4.77. The lowest BCUT2D eigenvalue weighted by Crippen LogP contribution is -2.09. The molecule has 0 aliphatic heterocycles. The molecule has 0 atom stereocenters. The van der Waals surface area contributed by atoms with E-state index in [2.05, 4.69) is 4.98 Å². The number of hydrogen-bond acceptors (Lipinski definition) is 4. The van der Waals surface area contributed by atoms with Crippen molar-refractivity contribution in [3.05, 3.63) is 83.4 Å². The second kappa shape index (κ2) is 8.09. The summed E-state index contributed by atoms with van der Waals surface area (Å²) in [5.41, 5.74) is 1.73. The molecule has 1 heterocycles. The summed E-state index contributed by atoms with van der Waals surface area (Å²) in [5.74, 6) is -0.0867. The lowest BCUT2D eigenvalue weighted by Gasteiger charge is -2.11. The topological polar surface area (TPSA) is 55.1 Å². The van der Waals surface area contributed by atoms with E-state index in [1.165, 1.54) is 17.8 Å². The molecule has 0 aliphatic rings. The summed E-state index contributed by atoms with van der Waals surface area (Å²) in [6.45, 7) is 0.0546. The molecule has 0 radical (unpaired) electrons. The van der Waals surface area contributed by atoms with Crippen LogP contribution in [0.3, 0.4) is 0 Å². The minimum atomic E-state index is -0.309. The van der Waals surface area contributed by atoms with Crippen LogP contribution in [0.25, 0.3) is 0 Å². The van der Waals surface area contributed by atoms with Gasteiger partial charge in [-0.2, -0.15) is 0 Å². The quantitative estimate of drug-likeness (QED) is 0.520. The maximum Gasteiger partial charge on any atom is 0.173 e. The zero-order valence-electron chi connectivity index (χ0n) is 13.4. The molecule has 3 rings (SSSR count). The van der Waals surface area contributed by atoms with Crippen LogP contribution in [-0.2, 0) is 13.2 Å².